The largest absolute Gasteiger partial charge is 0.359 e. The number of nitrogens with one attached hydrogen (secondary N) is 2. The standard InChI is InChI=1S/C18H26N4O/c1-13(21-12-18(3,4)17(23)19-5)15-6-8-16(9-7-15)22-11-10-20-14(22)2/h6-11,13,21H,12H2,1-5H3,(H,19,23)/t13-/m0/s1. The van der Waals surface area contributed by atoms with E-state index in [1.54, 1.807) is 13.2 Å². The van der Waals surface area contributed by atoms with Crippen LogP contribution in [0, 0.1) is 12.3 Å². The molecule has 1 atom stereocenters. The Morgan fingerprint density at radius 2 is 1.96 bits per heavy atom. The van der Waals surface area contributed by atoms with E-state index in [2.05, 4.69) is 51.4 Å². The number of hydrogen-bond donors (Lipinski definition) is 2. The van der Waals surface area contributed by atoms with Gasteiger partial charge < -0.3 is 15.2 Å². The predicted molar refractivity (Wildman–Crippen MR) is 92.6 cm³/mol. The second-order valence-electron chi connectivity index (χ2n) is 6.50. The van der Waals surface area contributed by atoms with Gasteiger partial charge in [0.2, 0.25) is 5.91 Å². The van der Waals surface area contributed by atoms with Crippen molar-refractivity contribution in [2.45, 2.75) is 33.7 Å². The molecule has 5 nitrogen and oxygen atoms in total. The van der Waals surface area contributed by atoms with Crippen molar-refractivity contribution < 1.29 is 4.79 Å². The zero-order valence-corrected chi connectivity index (χ0v) is 14.6. The molecular formula is C18H26N4O. The lowest BCUT2D eigenvalue weighted by Crippen LogP contribution is -2.42. The summed E-state index contributed by atoms with van der Waals surface area (Å²) in [4.78, 5) is 16.1. The highest BCUT2D eigenvalue weighted by atomic mass is 16.2. The number of rotatable bonds is 6. The van der Waals surface area contributed by atoms with Crippen LogP contribution in [0.25, 0.3) is 5.69 Å². The highest BCUT2D eigenvalue weighted by Crippen LogP contribution is 2.19. The first-order valence-corrected chi connectivity index (χ1v) is 7.91. The molecule has 23 heavy (non-hydrogen) atoms. The number of benzene rings is 1. The Labute approximate surface area is 138 Å². The maximum atomic E-state index is 11.8. The van der Waals surface area contributed by atoms with Crippen molar-refractivity contribution in [3.8, 4) is 5.69 Å². The van der Waals surface area contributed by atoms with E-state index in [0.717, 1.165) is 11.5 Å². The first kappa shape index (κ1) is 17.2. The van der Waals surface area contributed by atoms with E-state index >= 15 is 0 Å². The number of hydrogen-bond acceptors (Lipinski definition) is 3. The quantitative estimate of drug-likeness (QED) is 0.861. The van der Waals surface area contributed by atoms with E-state index < -0.39 is 5.41 Å². The van der Waals surface area contributed by atoms with E-state index in [4.69, 9.17) is 0 Å². The van der Waals surface area contributed by atoms with Gasteiger partial charge in [0.25, 0.3) is 0 Å². The van der Waals surface area contributed by atoms with Crippen LogP contribution in [-0.2, 0) is 4.79 Å². The fourth-order valence-corrected chi connectivity index (χ4v) is 2.52. The van der Waals surface area contributed by atoms with Gasteiger partial charge in [-0.15, -0.1) is 0 Å². The van der Waals surface area contributed by atoms with Crippen LogP contribution in [0.15, 0.2) is 36.7 Å². The van der Waals surface area contributed by atoms with Gasteiger partial charge in [-0.1, -0.05) is 12.1 Å². The van der Waals surface area contributed by atoms with Crippen LogP contribution in [0.1, 0.15) is 38.2 Å². The molecule has 0 fully saturated rings. The molecule has 2 aromatic rings. The predicted octanol–water partition coefficient (Wildman–Crippen LogP) is 2.60. The van der Waals surface area contributed by atoms with Crippen molar-refractivity contribution in [3.05, 3.63) is 48.0 Å². The summed E-state index contributed by atoms with van der Waals surface area (Å²) in [5, 5.41) is 6.15. The molecule has 0 radical (unpaired) electrons. The van der Waals surface area contributed by atoms with E-state index in [-0.39, 0.29) is 11.9 Å². The molecule has 5 heteroatoms. The normalized spacial score (nSPS) is 12.9. The molecule has 1 amide bonds. The second-order valence-corrected chi connectivity index (χ2v) is 6.50. The number of nitrogens with zero attached hydrogens (tertiary/aromatic N) is 2. The number of aromatic nitrogens is 2. The third kappa shape index (κ3) is 3.99. The van der Waals surface area contributed by atoms with Crippen molar-refractivity contribution >= 4 is 5.91 Å². The van der Waals surface area contributed by atoms with Crippen molar-refractivity contribution in [3.63, 3.8) is 0 Å². The van der Waals surface area contributed by atoms with Crippen molar-refractivity contribution in [1.29, 1.82) is 0 Å². The summed E-state index contributed by atoms with van der Waals surface area (Å²) in [6.07, 6.45) is 3.76. The van der Waals surface area contributed by atoms with E-state index in [9.17, 15) is 4.79 Å². The minimum absolute atomic E-state index is 0.0446. The van der Waals surface area contributed by atoms with Crippen molar-refractivity contribution in [1.82, 2.24) is 20.2 Å². The van der Waals surface area contributed by atoms with Gasteiger partial charge in [-0.3, -0.25) is 4.79 Å². The average Bonchev–Trinajstić information content (AvgIpc) is 2.98. The SMILES string of the molecule is CNC(=O)C(C)(C)CN[C@@H](C)c1ccc(-n2ccnc2C)cc1. The molecule has 0 aliphatic rings. The lowest BCUT2D eigenvalue weighted by atomic mass is 9.91. The Morgan fingerprint density at radius 3 is 2.48 bits per heavy atom. The summed E-state index contributed by atoms with van der Waals surface area (Å²) in [6, 6.07) is 8.58. The Bertz CT molecular complexity index is 658. The molecule has 2 rings (SSSR count). The van der Waals surface area contributed by atoms with Gasteiger partial charge >= 0.3 is 0 Å². The molecular weight excluding hydrogens is 288 g/mol. The van der Waals surface area contributed by atoms with Gasteiger partial charge in [-0.05, 0) is 45.4 Å². The van der Waals surface area contributed by atoms with Gasteiger partial charge in [0.1, 0.15) is 5.82 Å². The molecule has 1 aromatic heterocycles. The van der Waals surface area contributed by atoms with E-state index in [1.807, 2.05) is 27.0 Å². The third-order valence-electron chi connectivity index (χ3n) is 4.19. The smallest absolute Gasteiger partial charge is 0.226 e. The monoisotopic (exact) mass is 314 g/mol. The molecule has 0 saturated carbocycles. The topological polar surface area (TPSA) is 59.0 Å². The van der Waals surface area contributed by atoms with Gasteiger partial charge in [0.05, 0.1) is 5.41 Å². The molecule has 1 heterocycles. The molecule has 124 valence electrons. The lowest BCUT2D eigenvalue weighted by Gasteiger charge is -2.25. The molecule has 0 aliphatic carbocycles. The van der Waals surface area contributed by atoms with E-state index in [0.29, 0.717) is 6.54 Å². The summed E-state index contributed by atoms with van der Waals surface area (Å²) in [7, 11) is 1.67. The Balaban J connectivity index is 2.02. The van der Waals surface area contributed by atoms with Crippen LogP contribution >= 0.6 is 0 Å². The van der Waals surface area contributed by atoms with Crippen LogP contribution in [-0.4, -0.2) is 29.1 Å². The van der Waals surface area contributed by atoms with E-state index in [1.165, 1.54) is 5.56 Å². The van der Waals surface area contributed by atoms with Gasteiger partial charge in [-0.2, -0.15) is 0 Å². The van der Waals surface area contributed by atoms with Crippen LogP contribution in [0.4, 0.5) is 0 Å². The number of aryl methyl sites for hydroxylation is 1. The number of imidazole rings is 1. The Hall–Kier alpha value is -2.14. The third-order valence-corrected chi connectivity index (χ3v) is 4.19. The summed E-state index contributed by atoms with van der Waals surface area (Å²) in [6.45, 7) is 8.60. The summed E-state index contributed by atoms with van der Waals surface area (Å²) in [5.74, 6) is 1.01. The Kier molecular flexibility index (Phi) is 5.21. The zero-order chi connectivity index (χ0) is 17.0. The maximum Gasteiger partial charge on any atom is 0.226 e. The fraction of sp³-hybridized carbons (Fsp3) is 0.444. The molecule has 0 spiro atoms. The minimum atomic E-state index is -0.434. The molecule has 2 N–H and O–H groups in total. The minimum Gasteiger partial charge on any atom is -0.359 e. The maximum absolute atomic E-state index is 11.8. The van der Waals surface area contributed by atoms with Crippen LogP contribution in [0.2, 0.25) is 0 Å². The number of carbonyl (C=O) groups is 1. The Morgan fingerprint density at radius 1 is 1.30 bits per heavy atom. The molecule has 0 unspecified atom stereocenters. The number of carbonyl (C=O) groups excluding carboxylic acids is 1. The first-order chi connectivity index (χ1) is 10.8. The second kappa shape index (κ2) is 6.96. The van der Waals surface area contributed by atoms with Crippen LogP contribution < -0.4 is 10.6 Å². The zero-order valence-electron chi connectivity index (χ0n) is 14.6. The van der Waals surface area contributed by atoms with Gasteiger partial charge in [0, 0.05) is 37.7 Å². The summed E-state index contributed by atoms with van der Waals surface area (Å²) in [5.41, 5.74) is 1.86. The van der Waals surface area contributed by atoms with Crippen molar-refractivity contribution in [2.75, 3.05) is 13.6 Å². The lowest BCUT2D eigenvalue weighted by molar-refractivity contribution is -0.128. The molecule has 0 aliphatic heterocycles. The average molecular weight is 314 g/mol. The molecule has 1 aromatic carbocycles. The summed E-state index contributed by atoms with van der Waals surface area (Å²) >= 11 is 0. The first-order valence-electron chi connectivity index (χ1n) is 7.91. The van der Waals surface area contributed by atoms with Crippen LogP contribution in [0.5, 0.6) is 0 Å². The van der Waals surface area contributed by atoms with Crippen LogP contribution in [0.3, 0.4) is 0 Å². The van der Waals surface area contributed by atoms with Crippen molar-refractivity contribution in [2.24, 2.45) is 5.41 Å². The fourth-order valence-electron chi connectivity index (χ4n) is 2.52. The summed E-state index contributed by atoms with van der Waals surface area (Å²) < 4.78 is 2.05. The van der Waals surface area contributed by atoms with Gasteiger partial charge in [0.15, 0.2) is 0 Å². The molecule has 0 bridgehead atoms. The highest BCUT2D eigenvalue weighted by Gasteiger charge is 2.26. The highest BCUT2D eigenvalue weighted by molar-refractivity contribution is 5.81. The molecule has 0 saturated heterocycles. The van der Waals surface area contributed by atoms with Gasteiger partial charge in [-0.25, -0.2) is 4.98 Å². The number of amides is 1.